The van der Waals surface area contributed by atoms with E-state index >= 15 is 0 Å². The number of hydrogen-bond donors (Lipinski definition) is 1. The molecule has 1 heterocycles. The summed E-state index contributed by atoms with van der Waals surface area (Å²) in [6, 6.07) is 8.91. The highest BCUT2D eigenvalue weighted by molar-refractivity contribution is 7.17. The van der Waals surface area contributed by atoms with Gasteiger partial charge in [-0.2, -0.15) is 13.2 Å². The number of thiazole rings is 1. The highest BCUT2D eigenvalue weighted by Gasteiger charge is 2.30. The molecule has 2 aromatic carbocycles. The topological polar surface area (TPSA) is 42.0 Å². The van der Waals surface area contributed by atoms with Crippen LogP contribution in [0.1, 0.15) is 26.5 Å². The Hall–Kier alpha value is -2.74. The molecule has 8 heteroatoms. The molecule has 0 fully saturated rings. The van der Waals surface area contributed by atoms with Crippen molar-refractivity contribution >= 4 is 22.9 Å². The smallest absolute Gasteiger partial charge is 0.319 e. The van der Waals surface area contributed by atoms with Crippen LogP contribution in [0.3, 0.4) is 0 Å². The Kier molecular flexibility index (Phi) is 5.01. The van der Waals surface area contributed by atoms with E-state index in [0.717, 1.165) is 29.0 Å². The monoisotopic (exact) mass is 394 g/mol. The minimum absolute atomic E-state index is 0.0591. The average Bonchev–Trinajstić information content (AvgIpc) is 2.99. The molecule has 0 saturated carbocycles. The number of alkyl halides is 3. The van der Waals surface area contributed by atoms with Gasteiger partial charge in [0.2, 0.25) is 0 Å². The zero-order valence-corrected chi connectivity index (χ0v) is 15.1. The second kappa shape index (κ2) is 7.11. The number of aryl methyl sites for hydroxylation is 2. The van der Waals surface area contributed by atoms with Crippen LogP contribution in [0.15, 0.2) is 42.5 Å². The average molecular weight is 394 g/mol. The van der Waals surface area contributed by atoms with Gasteiger partial charge in [0, 0.05) is 5.56 Å². The fraction of sp³-hybridized carbons (Fsp3) is 0.158. The van der Waals surface area contributed by atoms with E-state index in [9.17, 15) is 22.4 Å². The summed E-state index contributed by atoms with van der Waals surface area (Å²) < 4.78 is 51.8. The second-order valence-electron chi connectivity index (χ2n) is 5.95. The molecule has 0 radical (unpaired) electrons. The van der Waals surface area contributed by atoms with Crippen molar-refractivity contribution in [1.82, 2.24) is 4.98 Å². The number of carbonyl (C=O) groups is 1. The van der Waals surface area contributed by atoms with Gasteiger partial charge >= 0.3 is 6.18 Å². The van der Waals surface area contributed by atoms with Crippen molar-refractivity contribution in [3.8, 4) is 10.6 Å². The van der Waals surface area contributed by atoms with Gasteiger partial charge in [-0.25, -0.2) is 9.37 Å². The Labute approximate surface area is 156 Å². The Morgan fingerprint density at radius 2 is 1.74 bits per heavy atom. The predicted molar refractivity (Wildman–Crippen MR) is 96.4 cm³/mol. The van der Waals surface area contributed by atoms with Gasteiger partial charge in [-0.3, -0.25) is 4.79 Å². The van der Waals surface area contributed by atoms with Gasteiger partial charge in [0.25, 0.3) is 5.91 Å². The van der Waals surface area contributed by atoms with Gasteiger partial charge in [0.05, 0.1) is 16.9 Å². The lowest BCUT2D eigenvalue weighted by Crippen LogP contribution is -2.12. The third-order valence-corrected chi connectivity index (χ3v) is 5.04. The molecule has 1 N–H and O–H groups in total. The number of hydrogen-bond acceptors (Lipinski definition) is 3. The molecule has 0 unspecified atom stereocenters. The van der Waals surface area contributed by atoms with E-state index < -0.39 is 23.5 Å². The highest BCUT2D eigenvalue weighted by Crippen LogP contribution is 2.33. The van der Waals surface area contributed by atoms with Crippen molar-refractivity contribution in [2.45, 2.75) is 20.0 Å². The van der Waals surface area contributed by atoms with Crippen molar-refractivity contribution in [2.24, 2.45) is 0 Å². The lowest BCUT2D eigenvalue weighted by atomic mass is 10.1. The van der Waals surface area contributed by atoms with Gasteiger partial charge in [-0.15, -0.1) is 11.3 Å². The molecular weight excluding hydrogens is 380 g/mol. The van der Waals surface area contributed by atoms with Crippen molar-refractivity contribution in [3.63, 3.8) is 0 Å². The maximum atomic E-state index is 13.8. The van der Waals surface area contributed by atoms with Gasteiger partial charge in [0.15, 0.2) is 0 Å². The molecule has 0 aliphatic carbocycles. The van der Waals surface area contributed by atoms with Gasteiger partial charge in [-0.1, -0.05) is 18.2 Å². The number of rotatable bonds is 3. The summed E-state index contributed by atoms with van der Waals surface area (Å²) >= 11 is 1.04. The molecule has 0 bridgehead atoms. The molecule has 27 heavy (non-hydrogen) atoms. The number of benzene rings is 2. The normalized spacial score (nSPS) is 11.5. The number of halogens is 4. The summed E-state index contributed by atoms with van der Waals surface area (Å²) in [5.74, 6) is -1.08. The van der Waals surface area contributed by atoms with Crippen LogP contribution in [0.4, 0.5) is 23.2 Å². The summed E-state index contributed by atoms with van der Waals surface area (Å²) in [5.41, 5.74) is 0.979. The van der Waals surface area contributed by atoms with Crippen LogP contribution in [0.25, 0.3) is 10.6 Å². The van der Waals surface area contributed by atoms with Crippen molar-refractivity contribution in [3.05, 3.63) is 70.0 Å². The quantitative estimate of drug-likeness (QED) is 0.567. The minimum Gasteiger partial charge on any atom is -0.319 e. The fourth-order valence-corrected chi connectivity index (χ4v) is 3.41. The molecule has 1 aromatic heterocycles. The number of aromatic nitrogens is 1. The van der Waals surface area contributed by atoms with Crippen LogP contribution in [0, 0.1) is 19.7 Å². The highest BCUT2D eigenvalue weighted by atomic mass is 32.1. The largest absolute Gasteiger partial charge is 0.416 e. The summed E-state index contributed by atoms with van der Waals surface area (Å²) in [4.78, 5) is 17.0. The van der Waals surface area contributed by atoms with E-state index in [4.69, 9.17) is 0 Å². The van der Waals surface area contributed by atoms with E-state index in [0.29, 0.717) is 16.3 Å². The predicted octanol–water partition coefficient (Wildman–Crippen LogP) is 5.84. The van der Waals surface area contributed by atoms with Gasteiger partial charge in [0.1, 0.15) is 15.7 Å². The number of anilines is 1. The fourth-order valence-electron chi connectivity index (χ4n) is 2.45. The van der Waals surface area contributed by atoms with Crippen LogP contribution >= 0.6 is 11.3 Å². The van der Waals surface area contributed by atoms with E-state index in [1.54, 1.807) is 19.9 Å². The summed E-state index contributed by atoms with van der Waals surface area (Å²) in [6.07, 6.45) is -4.42. The van der Waals surface area contributed by atoms with Gasteiger partial charge < -0.3 is 5.32 Å². The first kappa shape index (κ1) is 19.0. The van der Waals surface area contributed by atoms with E-state index in [1.807, 2.05) is 0 Å². The minimum atomic E-state index is -4.42. The SMILES string of the molecule is Cc1ccc(F)c(NC(=O)c2sc(-c3ccc(C(F)(F)F)cc3)nc2C)c1. The second-order valence-corrected chi connectivity index (χ2v) is 6.95. The summed E-state index contributed by atoms with van der Waals surface area (Å²) in [5, 5.41) is 2.92. The summed E-state index contributed by atoms with van der Waals surface area (Å²) in [7, 11) is 0. The number of nitrogens with zero attached hydrogens (tertiary/aromatic N) is 1. The lowest BCUT2D eigenvalue weighted by Gasteiger charge is -2.06. The van der Waals surface area contributed by atoms with Crippen LogP contribution in [0.5, 0.6) is 0 Å². The zero-order chi connectivity index (χ0) is 19.8. The lowest BCUT2D eigenvalue weighted by molar-refractivity contribution is -0.137. The van der Waals surface area contributed by atoms with E-state index in [-0.39, 0.29) is 10.6 Å². The van der Waals surface area contributed by atoms with Crippen LogP contribution < -0.4 is 5.32 Å². The van der Waals surface area contributed by atoms with Crippen LogP contribution in [-0.4, -0.2) is 10.9 Å². The standard InChI is InChI=1S/C19H14F4N2OS/c1-10-3-8-14(20)15(9-10)25-17(26)16-11(2)24-18(27-16)12-4-6-13(7-5-12)19(21,22)23/h3-9H,1-2H3,(H,25,26). The first-order valence-electron chi connectivity index (χ1n) is 7.87. The zero-order valence-electron chi connectivity index (χ0n) is 14.3. The van der Waals surface area contributed by atoms with E-state index in [1.165, 1.54) is 24.3 Å². The Morgan fingerprint density at radius 1 is 1.07 bits per heavy atom. The first-order chi connectivity index (χ1) is 12.6. The Balaban J connectivity index is 1.86. The third kappa shape index (κ3) is 4.16. The molecular formula is C19H14F4N2OS. The van der Waals surface area contributed by atoms with Crippen molar-refractivity contribution in [2.75, 3.05) is 5.32 Å². The summed E-state index contributed by atoms with van der Waals surface area (Å²) in [6.45, 7) is 3.39. The third-order valence-electron chi connectivity index (χ3n) is 3.83. The van der Waals surface area contributed by atoms with Crippen LogP contribution in [0.2, 0.25) is 0 Å². The molecule has 0 saturated heterocycles. The maximum Gasteiger partial charge on any atom is 0.416 e. The van der Waals surface area contributed by atoms with E-state index in [2.05, 4.69) is 10.3 Å². The molecule has 0 spiro atoms. The number of carbonyl (C=O) groups excluding carboxylic acids is 1. The Bertz CT molecular complexity index is 994. The molecule has 1 amide bonds. The molecule has 3 rings (SSSR count). The molecule has 0 aliphatic rings. The number of nitrogens with one attached hydrogen (secondary N) is 1. The maximum absolute atomic E-state index is 13.8. The molecule has 3 nitrogen and oxygen atoms in total. The van der Waals surface area contributed by atoms with Crippen LogP contribution in [-0.2, 0) is 6.18 Å². The van der Waals surface area contributed by atoms with Crippen molar-refractivity contribution in [1.29, 1.82) is 0 Å². The van der Waals surface area contributed by atoms with Gasteiger partial charge in [-0.05, 0) is 43.7 Å². The molecule has 0 atom stereocenters. The molecule has 3 aromatic rings. The molecule has 0 aliphatic heterocycles. The number of amides is 1. The Morgan fingerprint density at radius 3 is 2.37 bits per heavy atom. The van der Waals surface area contributed by atoms with Crippen molar-refractivity contribution < 1.29 is 22.4 Å². The first-order valence-corrected chi connectivity index (χ1v) is 8.69. The molecule has 140 valence electrons.